The van der Waals surface area contributed by atoms with Crippen molar-refractivity contribution in [2.24, 2.45) is 0 Å². The van der Waals surface area contributed by atoms with E-state index in [0.717, 1.165) is 48.1 Å². The van der Waals surface area contributed by atoms with Crippen LogP contribution in [-0.4, -0.2) is 24.6 Å². The first-order valence-corrected chi connectivity index (χ1v) is 9.17. The molecule has 27 heavy (non-hydrogen) atoms. The molecule has 2 aliphatic heterocycles. The van der Waals surface area contributed by atoms with Crippen molar-refractivity contribution in [3.63, 3.8) is 0 Å². The molecule has 0 radical (unpaired) electrons. The lowest BCUT2D eigenvalue weighted by atomic mass is 9.93. The van der Waals surface area contributed by atoms with Crippen LogP contribution in [0.25, 0.3) is 10.9 Å². The van der Waals surface area contributed by atoms with Gasteiger partial charge >= 0.3 is 0 Å². The van der Waals surface area contributed by atoms with Gasteiger partial charge in [0, 0.05) is 36.8 Å². The van der Waals surface area contributed by atoms with Crippen molar-refractivity contribution in [1.82, 2.24) is 10.3 Å². The molecule has 5 rings (SSSR count). The van der Waals surface area contributed by atoms with Crippen LogP contribution in [0.3, 0.4) is 0 Å². The predicted molar refractivity (Wildman–Crippen MR) is 99.8 cm³/mol. The van der Waals surface area contributed by atoms with Crippen molar-refractivity contribution < 1.29 is 8.78 Å². The molecule has 0 saturated carbocycles. The van der Waals surface area contributed by atoms with Gasteiger partial charge < -0.3 is 15.2 Å². The van der Waals surface area contributed by atoms with Gasteiger partial charge in [-0.3, -0.25) is 0 Å². The Labute approximate surface area is 155 Å². The average Bonchev–Trinajstić information content (AvgIpc) is 3.00. The number of hydrogen-bond acceptors (Lipinski definition) is 3. The fourth-order valence-electron chi connectivity index (χ4n) is 4.19. The Kier molecular flexibility index (Phi) is 3.66. The molecule has 136 valence electrons. The number of benzene rings is 2. The molecule has 0 spiro atoms. The minimum Gasteiger partial charge on any atom is -0.370 e. The van der Waals surface area contributed by atoms with Crippen LogP contribution in [-0.2, 0) is 6.42 Å². The molecule has 3 aromatic rings. The zero-order chi connectivity index (χ0) is 18.5. The van der Waals surface area contributed by atoms with E-state index in [2.05, 4.69) is 21.3 Å². The third-order valence-electron chi connectivity index (χ3n) is 5.65. The fraction of sp³-hybridized carbons (Fsp3) is 0.286. The number of rotatable bonds is 2. The molecule has 0 amide bonds. The molecule has 1 aromatic heterocycles. The number of nitriles is 1. The zero-order valence-corrected chi connectivity index (χ0v) is 14.6. The maximum Gasteiger partial charge on any atom is 0.150 e. The maximum atomic E-state index is 14.2. The summed E-state index contributed by atoms with van der Waals surface area (Å²) in [6.45, 7) is 2.66. The van der Waals surface area contributed by atoms with Crippen molar-refractivity contribution in [3.05, 3.63) is 64.4 Å². The quantitative estimate of drug-likeness (QED) is 0.728. The lowest BCUT2D eigenvalue weighted by molar-refractivity contribution is 0.559. The lowest BCUT2D eigenvalue weighted by Crippen LogP contribution is -2.37. The third-order valence-corrected chi connectivity index (χ3v) is 5.65. The standard InChI is InChI=1S/C21H18F2N4/c22-14-9-16-15-4-5-25-19(21(15)26-20(16)17(23)10-14)12-2-3-18(13(8-12)11-24)27-6-1-7-27/h2-3,8-10,19,25-26H,1,4-7H2. The van der Waals surface area contributed by atoms with Crippen LogP contribution in [0, 0.1) is 23.0 Å². The van der Waals surface area contributed by atoms with Gasteiger partial charge in [0.1, 0.15) is 17.7 Å². The van der Waals surface area contributed by atoms with E-state index in [1.807, 2.05) is 18.2 Å². The Balaban J connectivity index is 1.62. The lowest BCUT2D eigenvalue weighted by Gasteiger charge is -2.34. The van der Waals surface area contributed by atoms with Crippen molar-refractivity contribution in [1.29, 1.82) is 5.26 Å². The van der Waals surface area contributed by atoms with E-state index < -0.39 is 11.6 Å². The second kappa shape index (κ2) is 6.07. The number of nitrogens with zero attached hydrogens (tertiary/aromatic N) is 2. The van der Waals surface area contributed by atoms with Crippen molar-refractivity contribution in [2.45, 2.75) is 18.9 Å². The Morgan fingerprint density at radius 1 is 1.15 bits per heavy atom. The van der Waals surface area contributed by atoms with Crippen molar-refractivity contribution in [2.75, 3.05) is 24.5 Å². The van der Waals surface area contributed by atoms with Crippen LogP contribution in [0.15, 0.2) is 30.3 Å². The minimum absolute atomic E-state index is 0.179. The molecule has 0 bridgehead atoms. The number of aromatic amines is 1. The van der Waals surface area contributed by atoms with Crippen LogP contribution >= 0.6 is 0 Å². The highest BCUT2D eigenvalue weighted by Crippen LogP contribution is 2.36. The summed E-state index contributed by atoms with van der Waals surface area (Å²) in [5.74, 6) is -1.15. The highest BCUT2D eigenvalue weighted by atomic mass is 19.1. The van der Waals surface area contributed by atoms with Crippen LogP contribution < -0.4 is 10.2 Å². The number of aromatic nitrogens is 1. The third kappa shape index (κ3) is 2.50. The Morgan fingerprint density at radius 2 is 2.00 bits per heavy atom. The fourth-order valence-corrected chi connectivity index (χ4v) is 4.19. The Morgan fingerprint density at radius 3 is 2.74 bits per heavy atom. The smallest absolute Gasteiger partial charge is 0.150 e. The summed E-state index contributed by atoms with van der Waals surface area (Å²) in [5, 5.41) is 13.6. The van der Waals surface area contributed by atoms with Crippen LogP contribution in [0.1, 0.15) is 34.8 Å². The molecule has 3 heterocycles. The molecule has 1 atom stereocenters. The molecule has 6 heteroatoms. The molecule has 2 N–H and O–H groups in total. The molecule has 1 fully saturated rings. The van der Waals surface area contributed by atoms with E-state index in [1.54, 1.807) is 0 Å². The number of hydrogen-bond donors (Lipinski definition) is 2. The molecular formula is C21H18F2N4. The van der Waals surface area contributed by atoms with E-state index in [1.165, 1.54) is 6.07 Å². The molecule has 2 aromatic carbocycles. The molecule has 1 saturated heterocycles. The van der Waals surface area contributed by atoms with Gasteiger partial charge in [-0.1, -0.05) is 6.07 Å². The van der Waals surface area contributed by atoms with Gasteiger partial charge in [0.25, 0.3) is 0 Å². The number of nitrogens with one attached hydrogen (secondary N) is 2. The normalized spacial score (nSPS) is 18.9. The van der Waals surface area contributed by atoms with Crippen molar-refractivity contribution >= 4 is 16.6 Å². The van der Waals surface area contributed by atoms with E-state index in [-0.39, 0.29) is 6.04 Å². The number of fused-ring (bicyclic) bond motifs is 3. The molecule has 1 unspecified atom stereocenters. The topological polar surface area (TPSA) is 54.9 Å². The van der Waals surface area contributed by atoms with Crippen LogP contribution in [0.4, 0.5) is 14.5 Å². The van der Waals surface area contributed by atoms with Crippen LogP contribution in [0.2, 0.25) is 0 Å². The van der Waals surface area contributed by atoms with Gasteiger partial charge in [-0.05, 0) is 42.2 Å². The zero-order valence-electron chi connectivity index (χ0n) is 14.6. The summed E-state index contributed by atoms with van der Waals surface area (Å²) in [6, 6.07) is 10.3. The van der Waals surface area contributed by atoms with Gasteiger partial charge in [-0.25, -0.2) is 8.78 Å². The summed E-state index contributed by atoms with van der Waals surface area (Å²) in [4.78, 5) is 5.36. The molecule has 4 nitrogen and oxygen atoms in total. The van der Waals surface area contributed by atoms with Gasteiger partial charge in [0.15, 0.2) is 0 Å². The second-order valence-electron chi connectivity index (χ2n) is 7.19. The largest absolute Gasteiger partial charge is 0.370 e. The monoisotopic (exact) mass is 364 g/mol. The van der Waals surface area contributed by atoms with E-state index in [0.29, 0.717) is 29.4 Å². The SMILES string of the molecule is N#Cc1cc(C2NCCc3c2[nH]c2c(F)cc(F)cc32)ccc1N1CCC1. The first-order chi connectivity index (χ1) is 13.2. The summed E-state index contributed by atoms with van der Waals surface area (Å²) >= 11 is 0. The highest BCUT2D eigenvalue weighted by Gasteiger charge is 2.28. The second-order valence-corrected chi connectivity index (χ2v) is 7.19. The first-order valence-electron chi connectivity index (χ1n) is 9.17. The number of H-pyrrole nitrogens is 1. The summed E-state index contributed by atoms with van der Waals surface area (Å²) in [5.41, 5.74) is 4.69. The predicted octanol–water partition coefficient (Wildman–Crippen LogP) is 3.76. The Hall–Kier alpha value is -2.91. The summed E-state index contributed by atoms with van der Waals surface area (Å²) < 4.78 is 27.9. The van der Waals surface area contributed by atoms with Gasteiger partial charge in [-0.15, -0.1) is 0 Å². The van der Waals surface area contributed by atoms with Gasteiger partial charge in [0.2, 0.25) is 0 Å². The maximum absolute atomic E-state index is 14.2. The van der Waals surface area contributed by atoms with Gasteiger partial charge in [-0.2, -0.15) is 5.26 Å². The van der Waals surface area contributed by atoms with E-state index in [4.69, 9.17) is 0 Å². The molecular weight excluding hydrogens is 346 g/mol. The average molecular weight is 364 g/mol. The van der Waals surface area contributed by atoms with Crippen LogP contribution in [0.5, 0.6) is 0 Å². The number of anilines is 1. The van der Waals surface area contributed by atoms with E-state index >= 15 is 0 Å². The number of halogens is 2. The Bertz CT molecular complexity index is 1090. The summed E-state index contributed by atoms with van der Waals surface area (Å²) in [6.07, 6.45) is 1.85. The molecule has 2 aliphatic rings. The van der Waals surface area contributed by atoms with Gasteiger partial charge in [0.05, 0.1) is 22.8 Å². The van der Waals surface area contributed by atoms with E-state index in [9.17, 15) is 14.0 Å². The highest BCUT2D eigenvalue weighted by molar-refractivity contribution is 5.86. The first kappa shape index (κ1) is 16.3. The van der Waals surface area contributed by atoms with Crippen molar-refractivity contribution in [3.8, 4) is 6.07 Å². The minimum atomic E-state index is -0.580. The summed E-state index contributed by atoms with van der Waals surface area (Å²) in [7, 11) is 0. The molecule has 0 aliphatic carbocycles.